The lowest BCUT2D eigenvalue weighted by atomic mass is 9.92. The molecule has 1 nitrogen and oxygen atoms in total. The number of likely N-dealkylation sites (N-methyl/N-ethyl adjacent to an activating group) is 1. The van der Waals surface area contributed by atoms with Gasteiger partial charge in [0.1, 0.15) is 0 Å². The van der Waals surface area contributed by atoms with Crippen LogP contribution in [0.25, 0.3) is 0 Å². The van der Waals surface area contributed by atoms with Crippen molar-refractivity contribution in [2.24, 2.45) is 5.92 Å². The van der Waals surface area contributed by atoms with Crippen molar-refractivity contribution in [3.8, 4) is 0 Å². The monoisotopic (exact) mass is 333 g/mol. The van der Waals surface area contributed by atoms with E-state index in [4.69, 9.17) is 11.6 Å². The summed E-state index contributed by atoms with van der Waals surface area (Å²) >= 11 is 5.81. The molecular weight excluding hydrogens is 320 g/mol. The third-order valence-electron chi connectivity index (χ3n) is 2.97. The van der Waals surface area contributed by atoms with Crippen LogP contribution in [0.4, 0.5) is 26.3 Å². The number of rotatable bonds is 5. The van der Waals surface area contributed by atoms with Gasteiger partial charge in [0, 0.05) is 11.1 Å². The highest BCUT2D eigenvalue weighted by Gasteiger charge is 2.59. The van der Waals surface area contributed by atoms with Gasteiger partial charge in [0.05, 0.1) is 0 Å². The first-order chi connectivity index (χ1) is 9.57. The molecule has 1 rings (SSSR count). The van der Waals surface area contributed by atoms with Gasteiger partial charge in [-0.05, 0) is 24.6 Å². The predicted octanol–water partition coefficient (Wildman–Crippen LogP) is 4.60. The number of halogens is 7. The van der Waals surface area contributed by atoms with Crippen LogP contribution in [0.15, 0.2) is 24.3 Å². The molecule has 0 bridgehead atoms. The van der Waals surface area contributed by atoms with E-state index in [0.29, 0.717) is 0 Å². The lowest BCUT2D eigenvalue weighted by Crippen LogP contribution is -2.52. The summed E-state index contributed by atoms with van der Waals surface area (Å²) in [5, 5.41) is 2.41. The normalized spacial score (nSPS) is 14.5. The van der Waals surface area contributed by atoms with E-state index in [1.165, 1.54) is 25.1 Å². The Kier molecular flexibility index (Phi) is 5.92. The van der Waals surface area contributed by atoms with Gasteiger partial charge in [0.15, 0.2) is 5.92 Å². The molecule has 120 valence electrons. The second-order valence-corrected chi connectivity index (χ2v) is 4.93. The van der Waals surface area contributed by atoms with Crippen molar-refractivity contribution in [1.29, 1.82) is 0 Å². The number of benzene rings is 1. The average molecular weight is 334 g/mol. The number of hydrogen-bond donors (Lipinski definition) is 1. The molecule has 1 atom stereocenters. The lowest BCUT2D eigenvalue weighted by molar-refractivity contribution is -0.291. The van der Waals surface area contributed by atoms with Crippen molar-refractivity contribution in [2.75, 3.05) is 6.54 Å². The first-order valence-electron chi connectivity index (χ1n) is 6.17. The molecule has 21 heavy (non-hydrogen) atoms. The van der Waals surface area contributed by atoms with E-state index in [1.807, 2.05) is 0 Å². The van der Waals surface area contributed by atoms with Crippen molar-refractivity contribution < 1.29 is 26.3 Å². The molecule has 1 N–H and O–H groups in total. The fraction of sp³-hybridized carbons (Fsp3) is 0.538. The molecule has 0 fully saturated rings. The van der Waals surface area contributed by atoms with Crippen molar-refractivity contribution >= 4 is 11.6 Å². The SMILES string of the molecule is CCNC(Cc1ccccc1Cl)C(C(F)(F)F)C(F)(F)F. The van der Waals surface area contributed by atoms with Gasteiger partial charge in [-0.3, -0.25) is 0 Å². The average Bonchev–Trinajstić information content (AvgIpc) is 2.28. The maximum atomic E-state index is 12.8. The summed E-state index contributed by atoms with van der Waals surface area (Å²) in [6, 6.07) is 4.08. The summed E-state index contributed by atoms with van der Waals surface area (Å²) in [6.45, 7) is 1.43. The zero-order valence-corrected chi connectivity index (χ0v) is 11.8. The van der Waals surface area contributed by atoms with Gasteiger partial charge in [0.25, 0.3) is 0 Å². The Morgan fingerprint density at radius 2 is 1.57 bits per heavy atom. The van der Waals surface area contributed by atoms with E-state index < -0.39 is 30.7 Å². The number of alkyl halides is 6. The Balaban J connectivity index is 3.11. The summed E-state index contributed by atoms with van der Waals surface area (Å²) in [5.74, 6) is -3.44. The van der Waals surface area contributed by atoms with Crippen molar-refractivity contribution in [3.63, 3.8) is 0 Å². The molecular formula is C13H14ClF6N. The van der Waals surface area contributed by atoms with Gasteiger partial charge in [-0.15, -0.1) is 0 Å². The van der Waals surface area contributed by atoms with Gasteiger partial charge in [-0.25, -0.2) is 0 Å². The maximum Gasteiger partial charge on any atom is 0.402 e. The fourth-order valence-electron chi connectivity index (χ4n) is 2.11. The summed E-state index contributed by atoms with van der Waals surface area (Å²) in [4.78, 5) is 0. The molecule has 0 aromatic heterocycles. The van der Waals surface area contributed by atoms with Crippen LogP contribution in [0, 0.1) is 5.92 Å². The summed E-state index contributed by atoms with van der Waals surface area (Å²) in [7, 11) is 0. The van der Waals surface area contributed by atoms with Crippen LogP contribution in [0.5, 0.6) is 0 Å². The zero-order valence-electron chi connectivity index (χ0n) is 11.0. The summed E-state index contributed by atoms with van der Waals surface area (Å²) < 4.78 is 76.8. The molecule has 0 aliphatic carbocycles. The van der Waals surface area contributed by atoms with Gasteiger partial charge in [0.2, 0.25) is 0 Å². The Bertz CT molecular complexity index is 443. The van der Waals surface area contributed by atoms with E-state index >= 15 is 0 Å². The third kappa shape index (κ3) is 5.07. The molecule has 0 aliphatic rings. The standard InChI is InChI=1S/C13H14ClF6N/c1-2-21-10(7-8-5-3-4-6-9(8)14)11(12(15,16)17)13(18,19)20/h3-6,10-11,21H,2,7H2,1H3. The molecule has 0 saturated carbocycles. The second-order valence-electron chi connectivity index (χ2n) is 4.52. The minimum absolute atomic E-state index is 0.0161. The molecule has 1 unspecified atom stereocenters. The zero-order chi connectivity index (χ0) is 16.3. The highest BCUT2D eigenvalue weighted by molar-refractivity contribution is 6.31. The Hall–Kier alpha value is -0.950. The first kappa shape index (κ1) is 18.1. The molecule has 1 aromatic rings. The van der Waals surface area contributed by atoms with Crippen LogP contribution >= 0.6 is 11.6 Å². The molecule has 0 aliphatic heterocycles. The quantitative estimate of drug-likeness (QED) is 0.776. The third-order valence-corrected chi connectivity index (χ3v) is 3.34. The van der Waals surface area contributed by atoms with Crippen LogP contribution in [-0.2, 0) is 6.42 Å². The number of hydrogen-bond acceptors (Lipinski definition) is 1. The van der Waals surface area contributed by atoms with Crippen LogP contribution in [0.2, 0.25) is 5.02 Å². The summed E-state index contributed by atoms with van der Waals surface area (Å²) in [5.41, 5.74) is 0.239. The highest BCUT2D eigenvalue weighted by Crippen LogP contribution is 2.42. The topological polar surface area (TPSA) is 12.0 Å². The van der Waals surface area contributed by atoms with Crippen LogP contribution in [0.3, 0.4) is 0 Å². The Labute approximate surface area is 123 Å². The van der Waals surface area contributed by atoms with Gasteiger partial charge >= 0.3 is 12.4 Å². The van der Waals surface area contributed by atoms with E-state index in [1.54, 1.807) is 6.07 Å². The second kappa shape index (κ2) is 6.87. The molecule has 0 spiro atoms. The van der Waals surface area contributed by atoms with Gasteiger partial charge < -0.3 is 5.32 Å². The molecule has 0 heterocycles. The minimum atomic E-state index is -5.38. The fourth-order valence-corrected chi connectivity index (χ4v) is 2.33. The van der Waals surface area contributed by atoms with Crippen molar-refractivity contribution in [2.45, 2.75) is 31.7 Å². The van der Waals surface area contributed by atoms with Gasteiger partial charge in [-0.1, -0.05) is 36.7 Å². The van der Waals surface area contributed by atoms with E-state index in [0.717, 1.165) is 0 Å². The number of nitrogens with one attached hydrogen (secondary N) is 1. The van der Waals surface area contributed by atoms with Crippen molar-refractivity contribution in [1.82, 2.24) is 5.32 Å². The minimum Gasteiger partial charge on any atom is -0.313 e. The predicted molar refractivity (Wildman–Crippen MR) is 68.2 cm³/mol. The largest absolute Gasteiger partial charge is 0.402 e. The molecule has 8 heteroatoms. The van der Waals surface area contributed by atoms with E-state index in [2.05, 4.69) is 5.32 Å². The highest BCUT2D eigenvalue weighted by atomic mass is 35.5. The molecule has 0 amide bonds. The summed E-state index contributed by atoms with van der Waals surface area (Å²) in [6.07, 6.45) is -11.2. The van der Waals surface area contributed by atoms with Gasteiger partial charge in [-0.2, -0.15) is 26.3 Å². The molecule has 0 radical (unpaired) electrons. The van der Waals surface area contributed by atoms with Crippen molar-refractivity contribution in [3.05, 3.63) is 34.9 Å². The van der Waals surface area contributed by atoms with Crippen LogP contribution in [0.1, 0.15) is 12.5 Å². The molecule has 1 aromatic carbocycles. The Morgan fingerprint density at radius 1 is 1.05 bits per heavy atom. The maximum absolute atomic E-state index is 12.8. The van der Waals surface area contributed by atoms with E-state index in [9.17, 15) is 26.3 Å². The van der Waals surface area contributed by atoms with Crippen LogP contribution < -0.4 is 5.32 Å². The van der Waals surface area contributed by atoms with Crippen LogP contribution in [-0.4, -0.2) is 24.9 Å². The Morgan fingerprint density at radius 3 is 2.00 bits per heavy atom. The smallest absolute Gasteiger partial charge is 0.313 e. The first-order valence-corrected chi connectivity index (χ1v) is 6.55. The lowest BCUT2D eigenvalue weighted by Gasteiger charge is -2.31. The van der Waals surface area contributed by atoms with E-state index in [-0.39, 0.29) is 17.1 Å². The molecule has 0 saturated heterocycles.